The zero-order valence-electron chi connectivity index (χ0n) is 20.1. The fraction of sp³-hybridized carbons (Fsp3) is 0.423. The molecule has 0 unspecified atom stereocenters. The van der Waals surface area contributed by atoms with Crippen LogP contribution >= 0.6 is 0 Å². The number of aromatic nitrogens is 3. The molecule has 0 saturated carbocycles. The molecule has 2 saturated heterocycles. The molecular formula is C26H30F2N6O. The van der Waals surface area contributed by atoms with Crippen molar-refractivity contribution in [2.75, 3.05) is 37.6 Å². The highest BCUT2D eigenvalue weighted by Gasteiger charge is 2.30. The molecule has 184 valence electrons. The lowest BCUT2D eigenvalue weighted by Crippen LogP contribution is -2.50. The summed E-state index contributed by atoms with van der Waals surface area (Å²) < 4.78 is 30.0. The van der Waals surface area contributed by atoms with Crippen LogP contribution in [0.25, 0.3) is 11.7 Å². The molecular weight excluding hydrogens is 450 g/mol. The summed E-state index contributed by atoms with van der Waals surface area (Å²) in [6, 6.07) is 5.62. The van der Waals surface area contributed by atoms with Crippen LogP contribution in [0.1, 0.15) is 43.9 Å². The second-order valence-electron chi connectivity index (χ2n) is 9.46. The summed E-state index contributed by atoms with van der Waals surface area (Å²) >= 11 is 0. The van der Waals surface area contributed by atoms with Gasteiger partial charge in [-0.25, -0.2) is 18.3 Å². The fourth-order valence-electron chi connectivity index (χ4n) is 5.01. The summed E-state index contributed by atoms with van der Waals surface area (Å²) in [5.41, 5.74) is 1.69. The predicted molar refractivity (Wildman–Crippen MR) is 131 cm³/mol. The van der Waals surface area contributed by atoms with Gasteiger partial charge in [-0.05, 0) is 57.0 Å². The Labute approximate surface area is 203 Å². The molecule has 2 aliphatic heterocycles. The van der Waals surface area contributed by atoms with Gasteiger partial charge in [0.05, 0.1) is 12.2 Å². The molecule has 0 aliphatic carbocycles. The summed E-state index contributed by atoms with van der Waals surface area (Å²) in [4.78, 5) is 23.8. The second-order valence-corrected chi connectivity index (χ2v) is 9.46. The van der Waals surface area contributed by atoms with E-state index < -0.39 is 11.6 Å². The average Bonchev–Trinajstić information content (AvgIpc) is 3.51. The van der Waals surface area contributed by atoms with Gasteiger partial charge in [-0.15, -0.1) is 0 Å². The third-order valence-electron chi connectivity index (χ3n) is 7.01. The third-order valence-corrected chi connectivity index (χ3v) is 7.01. The molecule has 7 nitrogen and oxygen atoms in total. The van der Waals surface area contributed by atoms with Gasteiger partial charge in [0.2, 0.25) is 5.91 Å². The van der Waals surface area contributed by atoms with E-state index >= 15 is 0 Å². The number of halogens is 2. The van der Waals surface area contributed by atoms with Gasteiger partial charge in [0.1, 0.15) is 17.5 Å². The van der Waals surface area contributed by atoms with E-state index in [1.807, 2.05) is 15.9 Å². The topological polar surface area (TPSA) is 57.0 Å². The van der Waals surface area contributed by atoms with Crippen LogP contribution in [0.15, 0.2) is 42.7 Å². The Hall–Kier alpha value is -3.33. The monoisotopic (exact) mass is 480 g/mol. The number of amides is 1. The number of carbonyl (C=O) groups is 1. The van der Waals surface area contributed by atoms with Crippen molar-refractivity contribution < 1.29 is 13.6 Å². The van der Waals surface area contributed by atoms with Crippen LogP contribution < -0.4 is 4.90 Å². The maximum absolute atomic E-state index is 14.5. The van der Waals surface area contributed by atoms with Gasteiger partial charge >= 0.3 is 0 Å². The van der Waals surface area contributed by atoms with Crippen LogP contribution in [-0.4, -0.2) is 69.1 Å². The number of rotatable bonds is 5. The summed E-state index contributed by atoms with van der Waals surface area (Å²) in [6.45, 7) is 8.22. The van der Waals surface area contributed by atoms with Crippen LogP contribution in [0.5, 0.6) is 0 Å². The standard InChI is InChI=1S/C26H30F2N6O/c1-18(2)31-12-14-32(15-13-31)25(35)8-5-19-17-29-34-11-9-24(30-26(19)34)33-10-3-4-23(33)21-16-20(27)6-7-22(21)28/h5-9,11,16-18,23H,3-4,10,12-15H2,1-2H3/b8-5+/t23-/m1/s1. The zero-order valence-corrected chi connectivity index (χ0v) is 20.1. The molecule has 2 aliphatic rings. The predicted octanol–water partition coefficient (Wildman–Crippen LogP) is 3.91. The molecule has 0 bridgehead atoms. The molecule has 35 heavy (non-hydrogen) atoms. The third kappa shape index (κ3) is 4.77. The quantitative estimate of drug-likeness (QED) is 0.519. The van der Waals surface area contributed by atoms with E-state index in [4.69, 9.17) is 4.98 Å². The molecule has 4 heterocycles. The minimum Gasteiger partial charge on any atom is -0.349 e. The summed E-state index contributed by atoms with van der Waals surface area (Å²) in [5.74, 6) is -0.208. The molecule has 2 fully saturated rings. The van der Waals surface area contributed by atoms with Gasteiger partial charge in [0.25, 0.3) is 0 Å². The van der Waals surface area contributed by atoms with Crippen molar-refractivity contribution >= 4 is 23.4 Å². The van der Waals surface area contributed by atoms with E-state index in [0.717, 1.165) is 37.6 Å². The van der Waals surface area contributed by atoms with Gasteiger partial charge < -0.3 is 9.80 Å². The number of hydrogen-bond donors (Lipinski definition) is 0. The van der Waals surface area contributed by atoms with Crippen LogP contribution in [0.4, 0.5) is 14.6 Å². The molecule has 0 spiro atoms. The Morgan fingerprint density at radius 3 is 2.69 bits per heavy atom. The van der Waals surface area contributed by atoms with Crippen molar-refractivity contribution in [1.82, 2.24) is 24.4 Å². The summed E-state index contributed by atoms with van der Waals surface area (Å²) in [5, 5.41) is 4.35. The first kappa shape index (κ1) is 23.4. The van der Waals surface area contributed by atoms with Gasteiger partial charge in [-0.2, -0.15) is 5.10 Å². The number of hydrogen-bond acceptors (Lipinski definition) is 5. The molecule has 5 rings (SSSR count). The van der Waals surface area contributed by atoms with E-state index in [2.05, 4.69) is 23.8 Å². The van der Waals surface area contributed by atoms with Gasteiger partial charge in [-0.1, -0.05) is 0 Å². The molecule has 9 heteroatoms. The number of piperazine rings is 1. The van der Waals surface area contributed by atoms with Gasteiger partial charge in [0.15, 0.2) is 5.65 Å². The maximum Gasteiger partial charge on any atom is 0.246 e. The Morgan fingerprint density at radius 1 is 1.11 bits per heavy atom. The largest absolute Gasteiger partial charge is 0.349 e. The van der Waals surface area contributed by atoms with Crippen molar-refractivity contribution in [3.63, 3.8) is 0 Å². The van der Waals surface area contributed by atoms with Crippen LogP contribution in [0, 0.1) is 11.6 Å². The van der Waals surface area contributed by atoms with Crippen molar-refractivity contribution in [1.29, 1.82) is 0 Å². The average molecular weight is 481 g/mol. The fourth-order valence-corrected chi connectivity index (χ4v) is 5.01. The minimum absolute atomic E-state index is 0.0231. The summed E-state index contributed by atoms with van der Waals surface area (Å²) in [6.07, 6.45) is 8.40. The number of anilines is 1. The van der Waals surface area contributed by atoms with E-state index in [-0.39, 0.29) is 11.9 Å². The Bertz CT molecular complexity index is 1250. The zero-order chi connectivity index (χ0) is 24.5. The van der Waals surface area contributed by atoms with Crippen LogP contribution in [0.2, 0.25) is 0 Å². The molecule has 1 atom stereocenters. The second kappa shape index (κ2) is 9.73. The van der Waals surface area contributed by atoms with Crippen LogP contribution in [-0.2, 0) is 4.79 Å². The van der Waals surface area contributed by atoms with Crippen molar-refractivity contribution in [2.24, 2.45) is 0 Å². The lowest BCUT2D eigenvalue weighted by Gasteiger charge is -2.36. The first-order valence-electron chi connectivity index (χ1n) is 12.2. The highest BCUT2D eigenvalue weighted by atomic mass is 19.1. The highest BCUT2D eigenvalue weighted by Crippen LogP contribution is 2.36. The number of benzene rings is 1. The molecule has 1 amide bonds. The lowest BCUT2D eigenvalue weighted by molar-refractivity contribution is -0.127. The van der Waals surface area contributed by atoms with Crippen molar-refractivity contribution in [3.05, 3.63) is 65.5 Å². The van der Waals surface area contributed by atoms with E-state index in [9.17, 15) is 13.6 Å². The molecule has 0 radical (unpaired) electrons. The number of nitrogens with zero attached hydrogens (tertiary/aromatic N) is 6. The van der Waals surface area contributed by atoms with Crippen LogP contribution in [0.3, 0.4) is 0 Å². The van der Waals surface area contributed by atoms with E-state index in [1.54, 1.807) is 29.1 Å². The Balaban J connectivity index is 1.35. The first-order chi connectivity index (χ1) is 16.9. The van der Waals surface area contributed by atoms with Gasteiger partial charge in [0, 0.05) is 62.2 Å². The molecule has 3 aromatic rings. The van der Waals surface area contributed by atoms with E-state index in [1.165, 1.54) is 12.1 Å². The maximum atomic E-state index is 14.5. The first-order valence-corrected chi connectivity index (χ1v) is 12.2. The highest BCUT2D eigenvalue weighted by molar-refractivity contribution is 5.92. The smallest absolute Gasteiger partial charge is 0.246 e. The SMILES string of the molecule is CC(C)N1CCN(C(=O)/C=C/c2cnn3ccc(N4CCC[C@@H]4c4cc(F)ccc4F)nc23)CC1. The molecule has 2 aromatic heterocycles. The Kier molecular flexibility index (Phi) is 6.51. The molecule has 0 N–H and O–H groups in total. The van der Waals surface area contributed by atoms with E-state index in [0.29, 0.717) is 42.7 Å². The summed E-state index contributed by atoms with van der Waals surface area (Å²) in [7, 11) is 0. The lowest BCUT2D eigenvalue weighted by atomic mass is 10.0. The van der Waals surface area contributed by atoms with Crippen molar-refractivity contribution in [2.45, 2.75) is 38.8 Å². The van der Waals surface area contributed by atoms with Crippen molar-refractivity contribution in [3.8, 4) is 0 Å². The Morgan fingerprint density at radius 2 is 1.91 bits per heavy atom. The van der Waals surface area contributed by atoms with Gasteiger partial charge in [-0.3, -0.25) is 9.69 Å². The minimum atomic E-state index is -0.449. The number of carbonyl (C=O) groups excluding carboxylic acids is 1. The number of fused-ring (bicyclic) bond motifs is 1. The molecule has 1 aromatic carbocycles. The normalized spacial score (nSPS) is 19.5.